The monoisotopic (exact) mass is 356 g/mol. The van der Waals surface area contributed by atoms with E-state index >= 15 is 0 Å². The summed E-state index contributed by atoms with van der Waals surface area (Å²) in [6.07, 6.45) is 2.75. The molecule has 0 aliphatic rings. The van der Waals surface area contributed by atoms with Gasteiger partial charge < -0.3 is 9.67 Å². The summed E-state index contributed by atoms with van der Waals surface area (Å²) in [5.41, 5.74) is 2.39. The van der Waals surface area contributed by atoms with Gasteiger partial charge in [0.2, 0.25) is 0 Å². The molecule has 0 bridgehead atoms. The van der Waals surface area contributed by atoms with Crippen molar-refractivity contribution in [3.63, 3.8) is 0 Å². The van der Waals surface area contributed by atoms with E-state index in [4.69, 9.17) is 0 Å². The first-order valence-corrected chi connectivity index (χ1v) is 7.60. The molecule has 3 aromatic rings. The normalized spacial score (nSPS) is 11.3. The predicted octanol–water partition coefficient (Wildman–Crippen LogP) is -0.710. The topological polar surface area (TPSA) is 124 Å². The van der Waals surface area contributed by atoms with E-state index in [1.54, 1.807) is 12.1 Å². The third kappa shape index (κ3) is 3.11. The summed E-state index contributed by atoms with van der Waals surface area (Å²) < 4.78 is 3.63. The molecule has 134 valence electrons. The van der Waals surface area contributed by atoms with Crippen LogP contribution in [0.2, 0.25) is 0 Å². The molecule has 2 aromatic heterocycles. The van der Waals surface area contributed by atoms with Crippen LogP contribution in [0.1, 0.15) is 5.56 Å². The smallest absolute Gasteiger partial charge is 0.332 e. The third-order valence-corrected chi connectivity index (χ3v) is 3.82. The Labute approximate surface area is 146 Å². The highest BCUT2D eigenvalue weighted by atomic mass is 16.3. The fraction of sp³-hybridized carbons (Fsp3) is 0.188. The number of phenolic OH excluding ortho intramolecular Hbond substituents is 1. The lowest BCUT2D eigenvalue weighted by molar-refractivity contribution is -0.121. The SMILES string of the molecule is Cn1c(=O)c2ncn(CC(=O)NN=Cc3ccc(O)cc3)c2n(C)c1=O. The number of aromatic hydroxyl groups is 1. The van der Waals surface area contributed by atoms with Gasteiger partial charge in [0.05, 0.1) is 12.5 Å². The van der Waals surface area contributed by atoms with Crippen LogP contribution in [-0.2, 0) is 25.4 Å². The number of fused-ring (bicyclic) bond motifs is 1. The first-order valence-electron chi connectivity index (χ1n) is 7.60. The molecule has 1 amide bonds. The molecular formula is C16H16N6O4. The summed E-state index contributed by atoms with van der Waals surface area (Å²) >= 11 is 0. The number of nitrogens with one attached hydrogen (secondary N) is 1. The summed E-state index contributed by atoms with van der Waals surface area (Å²) in [6, 6.07) is 6.28. The number of phenols is 1. The fourth-order valence-electron chi connectivity index (χ4n) is 2.48. The maximum atomic E-state index is 12.1. The molecule has 26 heavy (non-hydrogen) atoms. The first-order chi connectivity index (χ1) is 12.4. The van der Waals surface area contributed by atoms with E-state index < -0.39 is 17.2 Å². The molecule has 0 radical (unpaired) electrons. The summed E-state index contributed by atoms with van der Waals surface area (Å²) in [5.74, 6) is -0.317. The summed E-state index contributed by atoms with van der Waals surface area (Å²) in [6.45, 7) is -0.163. The molecule has 0 aliphatic carbocycles. The van der Waals surface area contributed by atoms with Crippen LogP contribution in [0.25, 0.3) is 11.2 Å². The van der Waals surface area contributed by atoms with Crippen molar-refractivity contribution in [3.05, 3.63) is 57.0 Å². The molecular weight excluding hydrogens is 340 g/mol. The van der Waals surface area contributed by atoms with Crippen LogP contribution >= 0.6 is 0 Å². The van der Waals surface area contributed by atoms with Crippen molar-refractivity contribution < 1.29 is 9.90 Å². The molecule has 0 saturated heterocycles. The van der Waals surface area contributed by atoms with Gasteiger partial charge >= 0.3 is 5.69 Å². The number of benzene rings is 1. The van der Waals surface area contributed by atoms with Gasteiger partial charge in [-0.3, -0.25) is 18.7 Å². The van der Waals surface area contributed by atoms with Gasteiger partial charge in [-0.15, -0.1) is 0 Å². The molecule has 3 rings (SSSR count). The van der Waals surface area contributed by atoms with E-state index in [1.165, 1.54) is 47.9 Å². The van der Waals surface area contributed by atoms with Crippen LogP contribution < -0.4 is 16.7 Å². The van der Waals surface area contributed by atoms with Crippen molar-refractivity contribution >= 4 is 23.3 Å². The number of carbonyl (C=O) groups is 1. The molecule has 0 unspecified atom stereocenters. The number of imidazole rings is 1. The van der Waals surface area contributed by atoms with Crippen molar-refractivity contribution in [1.29, 1.82) is 0 Å². The van der Waals surface area contributed by atoms with E-state index in [0.29, 0.717) is 5.56 Å². The van der Waals surface area contributed by atoms with E-state index in [1.807, 2.05) is 0 Å². The summed E-state index contributed by atoms with van der Waals surface area (Å²) in [7, 11) is 2.87. The highest BCUT2D eigenvalue weighted by Crippen LogP contribution is 2.08. The van der Waals surface area contributed by atoms with Gasteiger partial charge in [-0.05, 0) is 29.8 Å². The van der Waals surface area contributed by atoms with Crippen LogP contribution in [0.5, 0.6) is 5.75 Å². The number of amides is 1. The average Bonchev–Trinajstić information content (AvgIpc) is 3.03. The number of nitrogens with zero attached hydrogens (tertiary/aromatic N) is 5. The van der Waals surface area contributed by atoms with Crippen LogP contribution in [0.15, 0.2) is 45.3 Å². The molecule has 10 nitrogen and oxygen atoms in total. The summed E-state index contributed by atoms with van der Waals surface area (Å²) in [5, 5.41) is 13.0. The fourth-order valence-corrected chi connectivity index (χ4v) is 2.48. The van der Waals surface area contributed by atoms with Crippen molar-refractivity contribution in [1.82, 2.24) is 24.1 Å². The number of rotatable bonds is 4. The zero-order chi connectivity index (χ0) is 18.8. The lowest BCUT2D eigenvalue weighted by Crippen LogP contribution is -2.37. The Morgan fingerprint density at radius 2 is 1.92 bits per heavy atom. The van der Waals surface area contributed by atoms with E-state index in [0.717, 1.165) is 4.57 Å². The number of hydrogen-bond donors (Lipinski definition) is 2. The quantitative estimate of drug-likeness (QED) is 0.472. The predicted molar refractivity (Wildman–Crippen MR) is 94.1 cm³/mol. The Hall–Kier alpha value is -3.69. The Kier molecular flexibility index (Phi) is 4.40. The largest absolute Gasteiger partial charge is 0.508 e. The van der Waals surface area contributed by atoms with Gasteiger partial charge in [-0.25, -0.2) is 15.2 Å². The van der Waals surface area contributed by atoms with Crippen LogP contribution in [0, 0.1) is 0 Å². The number of aromatic nitrogens is 4. The van der Waals surface area contributed by atoms with E-state index in [-0.39, 0.29) is 23.5 Å². The van der Waals surface area contributed by atoms with Gasteiger partial charge in [0.25, 0.3) is 11.5 Å². The standard InChI is InChI=1S/C16H16N6O4/c1-20-14-13(15(25)21(2)16(20)26)17-9-22(14)8-12(24)19-18-7-10-3-5-11(23)6-4-10/h3-7,9,23H,8H2,1-2H3,(H,19,24). The second-order valence-corrected chi connectivity index (χ2v) is 5.64. The zero-order valence-electron chi connectivity index (χ0n) is 14.1. The second-order valence-electron chi connectivity index (χ2n) is 5.64. The Bertz CT molecular complexity index is 1120. The minimum Gasteiger partial charge on any atom is -0.508 e. The Morgan fingerprint density at radius 1 is 1.23 bits per heavy atom. The molecule has 10 heteroatoms. The maximum Gasteiger partial charge on any atom is 0.332 e. The lowest BCUT2D eigenvalue weighted by atomic mass is 10.2. The third-order valence-electron chi connectivity index (χ3n) is 3.82. The van der Waals surface area contributed by atoms with Crippen LogP contribution in [0.3, 0.4) is 0 Å². The number of hydrogen-bond acceptors (Lipinski definition) is 6. The van der Waals surface area contributed by atoms with E-state index in [9.17, 15) is 19.5 Å². The summed E-state index contributed by atoms with van der Waals surface area (Å²) in [4.78, 5) is 40.2. The highest BCUT2D eigenvalue weighted by molar-refractivity contribution is 5.83. The van der Waals surface area contributed by atoms with Gasteiger partial charge in [-0.1, -0.05) is 0 Å². The highest BCUT2D eigenvalue weighted by Gasteiger charge is 2.15. The number of carbonyl (C=O) groups excluding carboxylic acids is 1. The van der Waals surface area contributed by atoms with Crippen LogP contribution in [-0.4, -0.2) is 35.9 Å². The Morgan fingerprint density at radius 3 is 2.62 bits per heavy atom. The molecule has 0 atom stereocenters. The molecule has 2 heterocycles. The molecule has 2 N–H and O–H groups in total. The van der Waals surface area contributed by atoms with Gasteiger partial charge in [-0.2, -0.15) is 5.10 Å². The van der Waals surface area contributed by atoms with Crippen molar-refractivity contribution in [2.45, 2.75) is 6.54 Å². The van der Waals surface area contributed by atoms with Gasteiger partial charge in [0.15, 0.2) is 5.52 Å². The van der Waals surface area contributed by atoms with Crippen molar-refractivity contribution in [3.8, 4) is 5.75 Å². The molecule has 0 fully saturated rings. The minimum atomic E-state index is -0.521. The van der Waals surface area contributed by atoms with E-state index in [2.05, 4.69) is 15.5 Å². The van der Waals surface area contributed by atoms with Gasteiger partial charge in [0, 0.05) is 14.1 Å². The average molecular weight is 356 g/mol. The molecule has 0 spiro atoms. The number of hydrazone groups is 1. The lowest BCUT2D eigenvalue weighted by Gasteiger charge is -2.07. The van der Waals surface area contributed by atoms with Crippen LogP contribution in [0.4, 0.5) is 0 Å². The molecule has 0 aliphatic heterocycles. The Balaban J connectivity index is 1.79. The maximum absolute atomic E-state index is 12.1. The van der Waals surface area contributed by atoms with Crippen molar-refractivity contribution in [2.75, 3.05) is 0 Å². The number of aryl methyl sites for hydroxylation is 1. The minimum absolute atomic E-state index is 0.106. The van der Waals surface area contributed by atoms with Gasteiger partial charge in [0.1, 0.15) is 17.9 Å². The molecule has 1 aromatic carbocycles. The second kappa shape index (κ2) is 6.67. The molecule has 0 saturated carbocycles. The zero-order valence-corrected chi connectivity index (χ0v) is 14.1. The van der Waals surface area contributed by atoms with Crippen molar-refractivity contribution in [2.24, 2.45) is 19.2 Å². The first kappa shape index (κ1) is 17.1.